The molecule has 7 rings (SSSR count). The van der Waals surface area contributed by atoms with Gasteiger partial charge in [-0.1, -0.05) is 45.0 Å². The summed E-state index contributed by atoms with van der Waals surface area (Å²) in [4.78, 5) is 4.98. The maximum Gasteiger partial charge on any atom is 0.0705 e. The molecule has 0 saturated heterocycles. The number of nitrogens with zero attached hydrogens (tertiary/aromatic N) is 1. The zero-order valence-corrected chi connectivity index (χ0v) is 22.4. The summed E-state index contributed by atoms with van der Waals surface area (Å²) < 4.78 is 6.33. The van der Waals surface area contributed by atoms with E-state index in [-0.39, 0.29) is 0 Å². The molecular formula is C33H45NO. The molecule has 0 radical (unpaired) electrons. The minimum absolute atomic E-state index is 0.526. The van der Waals surface area contributed by atoms with Crippen molar-refractivity contribution < 1.29 is 4.74 Å². The highest BCUT2D eigenvalue weighted by atomic mass is 16.5. The summed E-state index contributed by atoms with van der Waals surface area (Å²) in [6.45, 7) is 7.98. The van der Waals surface area contributed by atoms with Gasteiger partial charge in [-0.2, -0.15) is 0 Å². The molecule has 2 heteroatoms. The van der Waals surface area contributed by atoms with Gasteiger partial charge in [0.15, 0.2) is 0 Å². The van der Waals surface area contributed by atoms with Gasteiger partial charge in [0.2, 0.25) is 0 Å². The molecule has 1 aromatic heterocycles. The number of rotatable bonds is 5. The van der Waals surface area contributed by atoms with Crippen LogP contribution in [-0.2, 0) is 11.2 Å². The van der Waals surface area contributed by atoms with Crippen LogP contribution in [0.5, 0.6) is 0 Å². The summed E-state index contributed by atoms with van der Waals surface area (Å²) in [6.07, 6.45) is 14.5. The van der Waals surface area contributed by atoms with Crippen LogP contribution in [0.4, 0.5) is 0 Å². The molecule has 5 aliphatic carbocycles. The predicted molar refractivity (Wildman–Crippen MR) is 143 cm³/mol. The molecule has 5 fully saturated rings. The number of pyridine rings is 1. The zero-order valence-electron chi connectivity index (χ0n) is 22.4. The van der Waals surface area contributed by atoms with Gasteiger partial charge in [0.25, 0.3) is 0 Å². The van der Waals surface area contributed by atoms with Gasteiger partial charge in [-0.3, -0.25) is 4.98 Å². The van der Waals surface area contributed by atoms with Crippen LogP contribution in [0.3, 0.4) is 0 Å². The number of hydrogen-bond donors (Lipinski definition) is 0. The van der Waals surface area contributed by atoms with Crippen LogP contribution in [0.2, 0.25) is 0 Å². The minimum Gasteiger partial charge on any atom is -0.381 e. The fourth-order valence-corrected chi connectivity index (χ4v) is 11.4. The maximum atomic E-state index is 6.33. The van der Waals surface area contributed by atoms with Crippen molar-refractivity contribution in [2.45, 2.75) is 91.1 Å². The number of aromatic nitrogens is 1. The van der Waals surface area contributed by atoms with Gasteiger partial charge < -0.3 is 4.74 Å². The average Bonchev–Trinajstić information content (AvgIpc) is 3.38. The molecule has 1 heterocycles. The molecule has 2 aromatic rings. The van der Waals surface area contributed by atoms with Crippen LogP contribution in [0.25, 0.3) is 10.9 Å². The maximum absolute atomic E-state index is 6.33. The highest BCUT2D eigenvalue weighted by molar-refractivity contribution is 5.78. The van der Waals surface area contributed by atoms with Crippen molar-refractivity contribution in [1.29, 1.82) is 0 Å². The molecule has 1 spiro atoms. The smallest absolute Gasteiger partial charge is 0.0705 e. The second-order valence-corrected chi connectivity index (χ2v) is 14.0. The van der Waals surface area contributed by atoms with Gasteiger partial charge in [0.05, 0.1) is 11.6 Å². The van der Waals surface area contributed by atoms with Crippen molar-refractivity contribution in [3.05, 3.63) is 42.1 Å². The number of benzene rings is 1. The van der Waals surface area contributed by atoms with E-state index in [9.17, 15) is 0 Å². The van der Waals surface area contributed by atoms with E-state index >= 15 is 0 Å². The van der Waals surface area contributed by atoms with E-state index in [1.807, 2.05) is 7.11 Å². The number of ether oxygens (including phenoxy) is 1. The van der Waals surface area contributed by atoms with Gasteiger partial charge >= 0.3 is 0 Å². The summed E-state index contributed by atoms with van der Waals surface area (Å²) in [7, 11) is 2.02. The lowest BCUT2D eigenvalue weighted by Gasteiger charge is -2.61. The Balaban J connectivity index is 1.09. The molecule has 35 heavy (non-hydrogen) atoms. The van der Waals surface area contributed by atoms with Crippen LogP contribution in [-0.4, -0.2) is 18.2 Å². The first-order valence-corrected chi connectivity index (χ1v) is 14.8. The van der Waals surface area contributed by atoms with E-state index in [0.717, 1.165) is 47.4 Å². The summed E-state index contributed by atoms with van der Waals surface area (Å²) in [5, 5.41) is 1.25. The van der Waals surface area contributed by atoms with Crippen molar-refractivity contribution in [3.63, 3.8) is 0 Å². The van der Waals surface area contributed by atoms with Crippen LogP contribution in [0.1, 0.15) is 84.3 Å². The van der Waals surface area contributed by atoms with Crippen LogP contribution in [0.15, 0.2) is 36.4 Å². The highest BCUT2D eigenvalue weighted by Crippen LogP contribution is 2.82. The average molecular weight is 472 g/mol. The molecule has 2 unspecified atom stereocenters. The number of methoxy groups -OCH3 is 1. The van der Waals surface area contributed by atoms with Crippen molar-refractivity contribution in [3.8, 4) is 0 Å². The van der Waals surface area contributed by atoms with Gasteiger partial charge in [0.1, 0.15) is 0 Å². The first-order valence-electron chi connectivity index (χ1n) is 14.8. The van der Waals surface area contributed by atoms with Crippen molar-refractivity contribution in [2.24, 2.45) is 51.8 Å². The molecule has 188 valence electrons. The Morgan fingerprint density at radius 3 is 2.69 bits per heavy atom. The van der Waals surface area contributed by atoms with Crippen LogP contribution >= 0.6 is 0 Å². The van der Waals surface area contributed by atoms with Crippen LogP contribution < -0.4 is 0 Å². The summed E-state index contributed by atoms with van der Waals surface area (Å²) in [6, 6.07) is 13.0. The molecule has 2 nitrogen and oxygen atoms in total. The largest absolute Gasteiger partial charge is 0.381 e. The van der Waals surface area contributed by atoms with E-state index in [0.29, 0.717) is 22.3 Å². The molecule has 0 bridgehead atoms. The molecule has 0 amide bonds. The zero-order chi connectivity index (χ0) is 24.0. The van der Waals surface area contributed by atoms with Gasteiger partial charge in [-0.05, 0) is 123 Å². The van der Waals surface area contributed by atoms with Crippen molar-refractivity contribution in [2.75, 3.05) is 7.11 Å². The van der Waals surface area contributed by atoms with E-state index in [1.165, 1.54) is 68.9 Å². The Hall–Kier alpha value is -1.41. The Kier molecular flexibility index (Phi) is 5.07. The SMILES string of the molecule is COC1C[C@H]2[C@@H]3CC[C@H]([C@H](C)CCc4ccc5ccccc5n4)[C@@]3(C)CC[C@@H]2[C@@]2(C)CC[C@@H]3CC132. The summed E-state index contributed by atoms with van der Waals surface area (Å²) in [5.41, 5.74) is 4.04. The van der Waals surface area contributed by atoms with Gasteiger partial charge in [-0.15, -0.1) is 0 Å². The lowest BCUT2D eigenvalue weighted by molar-refractivity contribution is -0.161. The first kappa shape index (κ1) is 22.8. The number of fused-ring (bicyclic) bond motifs is 5. The van der Waals surface area contributed by atoms with Gasteiger partial charge in [-0.25, -0.2) is 0 Å². The Morgan fingerprint density at radius 2 is 1.86 bits per heavy atom. The first-order chi connectivity index (χ1) is 16.9. The highest BCUT2D eigenvalue weighted by Gasteiger charge is 2.77. The number of para-hydroxylation sites is 1. The standard InChI is InChI=1S/C33H45NO/c1-21(9-11-24-12-10-22-7-5-6-8-29(22)34-24)26-13-14-27-25-19-30(35-4)33-20-23(33)15-18-32(33,3)28(25)16-17-31(26,27)2/h5-8,10,12,21,23,25-28,30H,9,11,13-20H2,1-4H3/t21-,23-,25+,26-,27+,28+,30?,31-,32-,33?/m1/s1. The van der Waals surface area contributed by atoms with E-state index < -0.39 is 0 Å². The van der Waals surface area contributed by atoms with Gasteiger partial charge in [0, 0.05) is 23.6 Å². The molecule has 5 saturated carbocycles. The Morgan fingerprint density at radius 1 is 1.00 bits per heavy atom. The third-order valence-corrected chi connectivity index (χ3v) is 13.1. The minimum atomic E-state index is 0.526. The summed E-state index contributed by atoms with van der Waals surface area (Å²) >= 11 is 0. The number of hydrogen-bond acceptors (Lipinski definition) is 2. The van der Waals surface area contributed by atoms with Crippen molar-refractivity contribution >= 4 is 10.9 Å². The molecule has 1 aromatic carbocycles. The fraction of sp³-hybridized carbons (Fsp3) is 0.727. The van der Waals surface area contributed by atoms with Crippen molar-refractivity contribution in [1.82, 2.24) is 4.98 Å². The monoisotopic (exact) mass is 471 g/mol. The molecule has 0 N–H and O–H groups in total. The topological polar surface area (TPSA) is 22.1 Å². The normalized spacial score (nSPS) is 46.5. The predicted octanol–water partition coefficient (Wildman–Crippen LogP) is 8.09. The second-order valence-electron chi connectivity index (χ2n) is 14.0. The second kappa shape index (κ2) is 7.80. The lowest BCUT2D eigenvalue weighted by Crippen LogP contribution is -2.57. The quantitative estimate of drug-likeness (QED) is 0.439. The molecule has 10 atom stereocenters. The third kappa shape index (κ3) is 3.01. The third-order valence-electron chi connectivity index (χ3n) is 13.1. The molecular weight excluding hydrogens is 426 g/mol. The summed E-state index contributed by atoms with van der Waals surface area (Å²) in [5.74, 6) is 5.39. The number of aryl methyl sites for hydroxylation is 1. The lowest BCUT2D eigenvalue weighted by atomic mass is 9.45. The van der Waals surface area contributed by atoms with Crippen LogP contribution in [0, 0.1) is 51.8 Å². The Bertz CT molecular complexity index is 1130. The van der Waals surface area contributed by atoms with E-state index in [4.69, 9.17) is 9.72 Å². The van der Waals surface area contributed by atoms with E-state index in [2.05, 4.69) is 57.2 Å². The molecule has 0 aliphatic heterocycles. The molecule has 5 aliphatic rings. The fourth-order valence-electron chi connectivity index (χ4n) is 11.4. The Labute approximate surface area is 212 Å². The van der Waals surface area contributed by atoms with E-state index in [1.54, 1.807) is 0 Å².